The summed E-state index contributed by atoms with van der Waals surface area (Å²) in [7, 11) is 3.45. The van der Waals surface area contributed by atoms with E-state index in [0.29, 0.717) is 5.92 Å². The lowest BCUT2D eigenvalue weighted by molar-refractivity contribution is 0.412. The van der Waals surface area contributed by atoms with Crippen LogP contribution in [0.15, 0.2) is 36.4 Å². The molecule has 3 heteroatoms. The van der Waals surface area contributed by atoms with Crippen LogP contribution in [0.3, 0.4) is 0 Å². The topological polar surface area (TPSA) is 18.5 Å². The Bertz CT molecular complexity index is 652. The molecule has 1 atom stereocenters. The third kappa shape index (κ3) is 3.03. The van der Waals surface area contributed by atoms with Crippen LogP contribution < -0.4 is 9.47 Å². The number of benzene rings is 2. The van der Waals surface area contributed by atoms with Crippen LogP contribution in [0.1, 0.15) is 29.0 Å². The Balaban J connectivity index is 1.86. The van der Waals surface area contributed by atoms with E-state index >= 15 is 0 Å². The van der Waals surface area contributed by atoms with Crippen LogP contribution in [0.2, 0.25) is 0 Å². The number of ether oxygens (including phenoxy) is 2. The molecule has 1 unspecified atom stereocenters. The van der Waals surface area contributed by atoms with E-state index in [1.807, 2.05) is 0 Å². The quantitative estimate of drug-likeness (QED) is 0.710. The highest BCUT2D eigenvalue weighted by Crippen LogP contribution is 2.36. The Labute approximate surface area is 139 Å². The monoisotopic (exact) mass is 394 g/mol. The largest absolute Gasteiger partial charge is 0.497 e. The van der Waals surface area contributed by atoms with Crippen LogP contribution in [0.4, 0.5) is 0 Å². The van der Waals surface area contributed by atoms with Crippen molar-refractivity contribution in [2.75, 3.05) is 14.2 Å². The van der Waals surface area contributed by atoms with E-state index in [1.165, 1.54) is 26.7 Å². The van der Waals surface area contributed by atoms with E-state index in [1.54, 1.807) is 14.2 Å². The fourth-order valence-corrected chi connectivity index (χ4v) is 4.02. The van der Waals surface area contributed by atoms with Crippen LogP contribution in [0, 0.1) is 3.57 Å². The number of aryl methyl sites for hydroxylation is 1. The summed E-state index contributed by atoms with van der Waals surface area (Å²) in [6.07, 6.45) is 3.43. The Hall–Kier alpha value is -1.23. The predicted octanol–water partition coefficient (Wildman–Crippen LogP) is 4.58. The van der Waals surface area contributed by atoms with Gasteiger partial charge in [-0.3, -0.25) is 0 Å². The molecule has 110 valence electrons. The molecule has 2 aromatic rings. The molecule has 0 heterocycles. The highest BCUT2D eigenvalue weighted by atomic mass is 127. The normalized spacial score (nSPS) is 17.2. The summed E-state index contributed by atoms with van der Waals surface area (Å²) in [5.41, 5.74) is 4.34. The molecule has 21 heavy (non-hydrogen) atoms. The second-order valence-corrected chi connectivity index (χ2v) is 6.62. The van der Waals surface area contributed by atoms with Crippen LogP contribution in [0.5, 0.6) is 11.5 Å². The number of methoxy groups -OCH3 is 2. The molecule has 0 spiro atoms. The zero-order chi connectivity index (χ0) is 14.8. The molecule has 0 aromatic heterocycles. The average Bonchev–Trinajstić information content (AvgIpc) is 2.53. The first kappa shape index (κ1) is 14.7. The van der Waals surface area contributed by atoms with Crippen molar-refractivity contribution >= 4 is 22.6 Å². The molecule has 0 radical (unpaired) electrons. The first-order valence-corrected chi connectivity index (χ1v) is 8.28. The molecular weight excluding hydrogens is 375 g/mol. The van der Waals surface area contributed by atoms with Gasteiger partial charge in [0, 0.05) is 3.57 Å². The van der Waals surface area contributed by atoms with E-state index in [4.69, 9.17) is 9.47 Å². The first-order valence-electron chi connectivity index (χ1n) is 7.20. The molecule has 2 aromatic carbocycles. The van der Waals surface area contributed by atoms with Crippen molar-refractivity contribution < 1.29 is 9.47 Å². The van der Waals surface area contributed by atoms with Crippen molar-refractivity contribution in [1.29, 1.82) is 0 Å². The summed E-state index contributed by atoms with van der Waals surface area (Å²) < 4.78 is 11.9. The van der Waals surface area contributed by atoms with Gasteiger partial charge in [0.05, 0.1) is 14.2 Å². The molecule has 3 rings (SSSR count). The minimum absolute atomic E-state index is 0.601. The summed E-state index contributed by atoms with van der Waals surface area (Å²) in [6, 6.07) is 12.9. The average molecular weight is 394 g/mol. The Kier molecular flexibility index (Phi) is 4.38. The van der Waals surface area contributed by atoms with E-state index in [9.17, 15) is 0 Å². The van der Waals surface area contributed by atoms with Gasteiger partial charge in [0.15, 0.2) is 0 Å². The van der Waals surface area contributed by atoms with Crippen molar-refractivity contribution in [2.24, 2.45) is 0 Å². The third-order valence-corrected chi connectivity index (χ3v) is 5.22. The minimum atomic E-state index is 0.601. The Morgan fingerprint density at radius 1 is 0.952 bits per heavy atom. The summed E-state index contributed by atoms with van der Waals surface area (Å²) >= 11 is 2.42. The lowest BCUT2D eigenvalue weighted by Gasteiger charge is -2.26. The van der Waals surface area contributed by atoms with Crippen LogP contribution >= 0.6 is 22.6 Å². The molecule has 0 amide bonds. The van der Waals surface area contributed by atoms with Crippen molar-refractivity contribution in [3.8, 4) is 11.5 Å². The summed E-state index contributed by atoms with van der Waals surface area (Å²) in [5.74, 6) is 2.50. The number of fused-ring (bicyclic) bond motifs is 1. The van der Waals surface area contributed by atoms with Gasteiger partial charge in [0.2, 0.25) is 0 Å². The van der Waals surface area contributed by atoms with Crippen LogP contribution in [-0.4, -0.2) is 14.2 Å². The fraction of sp³-hybridized carbons (Fsp3) is 0.333. The molecule has 0 bridgehead atoms. The zero-order valence-corrected chi connectivity index (χ0v) is 14.5. The molecule has 0 saturated heterocycles. The Morgan fingerprint density at radius 3 is 2.38 bits per heavy atom. The maximum atomic E-state index is 5.32. The van der Waals surface area contributed by atoms with Gasteiger partial charge in [-0.15, -0.1) is 0 Å². The molecular formula is C18H19IO2. The maximum absolute atomic E-state index is 5.32. The first-order chi connectivity index (χ1) is 10.2. The van der Waals surface area contributed by atoms with Gasteiger partial charge in [-0.05, 0) is 88.7 Å². The SMILES string of the molecule is COc1ccc(C2CCc3cc(OC)ccc3C2)c(I)c1. The van der Waals surface area contributed by atoms with Gasteiger partial charge in [-0.25, -0.2) is 0 Å². The van der Waals surface area contributed by atoms with Gasteiger partial charge < -0.3 is 9.47 Å². The third-order valence-electron chi connectivity index (χ3n) is 4.29. The maximum Gasteiger partial charge on any atom is 0.119 e. The van der Waals surface area contributed by atoms with Crippen LogP contribution in [-0.2, 0) is 12.8 Å². The van der Waals surface area contributed by atoms with Gasteiger partial charge in [-0.2, -0.15) is 0 Å². The molecule has 0 N–H and O–H groups in total. The smallest absolute Gasteiger partial charge is 0.119 e. The molecule has 2 nitrogen and oxygen atoms in total. The van der Waals surface area contributed by atoms with E-state index in [0.717, 1.165) is 24.3 Å². The molecule has 0 saturated carbocycles. The van der Waals surface area contributed by atoms with E-state index < -0.39 is 0 Å². The zero-order valence-electron chi connectivity index (χ0n) is 12.4. The summed E-state index contributed by atoms with van der Waals surface area (Å²) in [4.78, 5) is 0. The molecule has 0 aliphatic heterocycles. The number of hydrogen-bond acceptors (Lipinski definition) is 2. The van der Waals surface area contributed by atoms with Gasteiger partial charge in [0.1, 0.15) is 11.5 Å². The van der Waals surface area contributed by atoms with Crippen molar-refractivity contribution in [1.82, 2.24) is 0 Å². The lowest BCUT2D eigenvalue weighted by Crippen LogP contribution is -2.14. The highest BCUT2D eigenvalue weighted by molar-refractivity contribution is 14.1. The van der Waals surface area contributed by atoms with E-state index in [2.05, 4.69) is 59.0 Å². The van der Waals surface area contributed by atoms with Crippen molar-refractivity contribution in [2.45, 2.75) is 25.2 Å². The molecule has 1 aliphatic rings. The Morgan fingerprint density at radius 2 is 1.67 bits per heavy atom. The number of rotatable bonds is 3. The van der Waals surface area contributed by atoms with Gasteiger partial charge >= 0.3 is 0 Å². The van der Waals surface area contributed by atoms with Gasteiger partial charge in [0.25, 0.3) is 0 Å². The fourth-order valence-electron chi connectivity index (χ4n) is 3.09. The lowest BCUT2D eigenvalue weighted by atomic mass is 9.80. The summed E-state index contributed by atoms with van der Waals surface area (Å²) in [5, 5.41) is 0. The van der Waals surface area contributed by atoms with Crippen molar-refractivity contribution in [3.63, 3.8) is 0 Å². The van der Waals surface area contributed by atoms with Gasteiger partial charge in [-0.1, -0.05) is 12.1 Å². The standard InChI is InChI=1S/C18H19IO2/c1-20-15-6-5-12-9-14(4-3-13(12)10-15)17-8-7-16(21-2)11-18(17)19/h5-8,10-11,14H,3-4,9H2,1-2H3. The second-order valence-electron chi connectivity index (χ2n) is 5.46. The highest BCUT2D eigenvalue weighted by Gasteiger charge is 2.22. The number of hydrogen-bond donors (Lipinski definition) is 0. The molecule has 1 aliphatic carbocycles. The second kappa shape index (κ2) is 6.26. The molecule has 0 fully saturated rings. The van der Waals surface area contributed by atoms with Crippen LogP contribution in [0.25, 0.3) is 0 Å². The number of halogens is 1. The minimum Gasteiger partial charge on any atom is -0.497 e. The summed E-state index contributed by atoms with van der Waals surface area (Å²) in [6.45, 7) is 0. The predicted molar refractivity (Wildman–Crippen MR) is 93.5 cm³/mol. The van der Waals surface area contributed by atoms with E-state index in [-0.39, 0.29) is 0 Å². The van der Waals surface area contributed by atoms with Crippen molar-refractivity contribution in [3.05, 3.63) is 56.7 Å².